The minimum absolute atomic E-state index is 0.0741. The molecule has 0 saturated carbocycles. The van der Waals surface area contributed by atoms with Crippen LogP contribution in [0.25, 0.3) is 0 Å². The van der Waals surface area contributed by atoms with Gasteiger partial charge < -0.3 is 14.8 Å². The fourth-order valence-corrected chi connectivity index (χ4v) is 4.23. The minimum atomic E-state index is -2.97. The van der Waals surface area contributed by atoms with E-state index < -0.39 is 12.0 Å². The number of anilines is 1. The highest BCUT2D eigenvalue weighted by atomic mass is 32.2. The zero-order valence-electron chi connectivity index (χ0n) is 20.3. The van der Waals surface area contributed by atoms with Crippen LogP contribution in [0.15, 0.2) is 47.6 Å². The number of rotatable bonds is 8. The largest absolute Gasteiger partial charge is 0.493 e. The fraction of sp³-hybridized carbons (Fsp3) is 0.400. The summed E-state index contributed by atoms with van der Waals surface area (Å²) in [6, 6.07) is 11.8. The monoisotopic (exact) mass is 505 g/mol. The number of hydrazone groups is 1. The van der Waals surface area contributed by atoms with Gasteiger partial charge in [0.05, 0.1) is 24.6 Å². The number of alkyl halides is 2. The Balaban J connectivity index is 1.83. The highest BCUT2D eigenvalue weighted by molar-refractivity contribution is 8.14. The van der Waals surface area contributed by atoms with Crippen LogP contribution >= 0.6 is 11.8 Å². The van der Waals surface area contributed by atoms with E-state index in [-0.39, 0.29) is 34.4 Å². The molecule has 2 aromatic rings. The number of halogens is 2. The van der Waals surface area contributed by atoms with E-state index >= 15 is 0 Å². The Kier molecular flexibility index (Phi) is 8.37. The lowest BCUT2D eigenvalue weighted by molar-refractivity contribution is -0.123. The first-order valence-corrected chi connectivity index (χ1v) is 12.0. The molecule has 0 radical (unpaired) electrons. The lowest BCUT2D eigenvalue weighted by Gasteiger charge is -2.28. The van der Waals surface area contributed by atoms with E-state index in [1.807, 2.05) is 39.8 Å². The van der Waals surface area contributed by atoms with Crippen LogP contribution in [0.5, 0.6) is 11.5 Å². The average Bonchev–Trinajstić information content (AvgIpc) is 2.80. The van der Waals surface area contributed by atoms with Gasteiger partial charge in [-0.05, 0) is 42.3 Å². The lowest BCUT2D eigenvalue weighted by atomic mass is 9.95. The predicted molar refractivity (Wildman–Crippen MR) is 133 cm³/mol. The number of carbonyl (C=O) groups is 2. The van der Waals surface area contributed by atoms with Crippen molar-refractivity contribution in [2.75, 3.05) is 12.4 Å². The van der Waals surface area contributed by atoms with Crippen LogP contribution in [0.2, 0.25) is 0 Å². The van der Waals surface area contributed by atoms with Crippen molar-refractivity contribution in [3.63, 3.8) is 0 Å². The first-order valence-electron chi connectivity index (χ1n) is 11.1. The third kappa shape index (κ3) is 6.72. The standard InChI is InChI=1S/C25H29F2N3O4S/c1-6-20-21(16-9-12-18(34-23(26)27)19(13-16)33-5)29-30(24(32)35-20)14-15-7-10-17(11-8-15)28-22(31)25(2,3)4/h7-13,20,23H,6,14H2,1-5H3,(H,28,31). The van der Waals surface area contributed by atoms with Crippen LogP contribution in [0.4, 0.5) is 19.3 Å². The van der Waals surface area contributed by atoms with E-state index in [4.69, 9.17) is 4.74 Å². The summed E-state index contributed by atoms with van der Waals surface area (Å²) in [4.78, 5) is 25.0. The number of nitrogens with zero attached hydrogens (tertiary/aromatic N) is 2. The molecule has 1 atom stereocenters. The molecule has 10 heteroatoms. The quantitative estimate of drug-likeness (QED) is 0.467. The molecule has 0 saturated heterocycles. The van der Waals surface area contributed by atoms with E-state index in [0.29, 0.717) is 23.4 Å². The number of methoxy groups -OCH3 is 1. The summed E-state index contributed by atoms with van der Waals surface area (Å²) in [5, 5.41) is 8.49. The Morgan fingerprint density at radius 3 is 2.43 bits per heavy atom. The number of ether oxygens (including phenoxy) is 2. The van der Waals surface area contributed by atoms with Gasteiger partial charge in [-0.2, -0.15) is 13.9 Å². The van der Waals surface area contributed by atoms with Crippen LogP contribution in [0, 0.1) is 5.41 Å². The zero-order valence-corrected chi connectivity index (χ0v) is 21.1. The van der Waals surface area contributed by atoms with Crippen molar-refractivity contribution in [3.8, 4) is 11.5 Å². The van der Waals surface area contributed by atoms with Crippen molar-refractivity contribution in [1.82, 2.24) is 5.01 Å². The molecule has 1 heterocycles. The van der Waals surface area contributed by atoms with E-state index in [2.05, 4.69) is 15.2 Å². The number of amides is 2. The first kappa shape index (κ1) is 26.5. The van der Waals surface area contributed by atoms with Gasteiger partial charge in [0.2, 0.25) is 5.91 Å². The molecule has 2 amide bonds. The molecule has 7 nitrogen and oxygen atoms in total. The number of hydrogen-bond acceptors (Lipinski definition) is 6. The van der Waals surface area contributed by atoms with Gasteiger partial charge in [-0.1, -0.05) is 51.6 Å². The second-order valence-corrected chi connectivity index (χ2v) is 10.1. The molecule has 35 heavy (non-hydrogen) atoms. The number of thioether (sulfide) groups is 1. The number of benzene rings is 2. The van der Waals surface area contributed by atoms with Crippen LogP contribution in [0.1, 0.15) is 45.2 Å². The maximum atomic E-state index is 12.8. The van der Waals surface area contributed by atoms with Gasteiger partial charge in [-0.3, -0.25) is 9.59 Å². The molecule has 0 bridgehead atoms. The summed E-state index contributed by atoms with van der Waals surface area (Å²) in [5.41, 5.74) is 2.29. The van der Waals surface area contributed by atoms with Crippen LogP contribution in [-0.2, 0) is 11.3 Å². The maximum Gasteiger partial charge on any atom is 0.387 e. The molecule has 1 aliphatic heterocycles. The maximum absolute atomic E-state index is 12.8. The Bertz CT molecular complexity index is 1100. The van der Waals surface area contributed by atoms with Gasteiger partial charge in [0.1, 0.15) is 0 Å². The molecule has 0 aromatic heterocycles. The minimum Gasteiger partial charge on any atom is -0.493 e. The Labute approximate surface area is 207 Å². The fourth-order valence-electron chi connectivity index (χ4n) is 3.30. The normalized spacial score (nSPS) is 16.2. The Hall–Kier alpha value is -3.14. The number of carbonyl (C=O) groups excluding carboxylic acids is 2. The summed E-state index contributed by atoms with van der Waals surface area (Å²) in [6.07, 6.45) is 0.656. The van der Waals surface area contributed by atoms with Gasteiger partial charge >= 0.3 is 11.9 Å². The van der Waals surface area contributed by atoms with Gasteiger partial charge in [-0.25, -0.2) is 5.01 Å². The summed E-state index contributed by atoms with van der Waals surface area (Å²) in [6.45, 7) is 4.73. The predicted octanol–water partition coefficient (Wildman–Crippen LogP) is 6.13. The molecule has 188 valence electrons. The average molecular weight is 506 g/mol. The zero-order chi connectivity index (χ0) is 25.8. The van der Waals surface area contributed by atoms with Gasteiger partial charge in [0.15, 0.2) is 11.5 Å². The van der Waals surface area contributed by atoms with Gasteiger partial charge in [0, 0.05) is 16.7 Å². The highest BCUT2D eigenvalue weighted by Crippen LogP contribution is 2.34. The molecule has 1 N–H and O–H groups in total. The molecular formula is C25H29F2N3O4S. The molecule has 3 rings (SSSR count). The summed E-state index contributed by atoms with van der Waals surface area (Å²) in [7, 11) is 1.37. The Morgan fingerprint density at radius 2 is 1.86 bits per heavy atom. The SMILES string of the molecule is CCC1SC(=O)N(Cc2ccc(NC(=O)C(C)(C)C)cc2)N=C1c1ccc(OC(F)F)c(OC)c1. The topological polar surface area (TPSA) is 80.2 Å². The number of nitrogens with one attached hydrogen (secondary N) is 1. The summed E-state index contributed by atoms with van der Waals surface area (Å²) >= 11 is 1.17. The molecule has 2 aromatic carbocycles. The third-order valence-corrected chi connectivity index (χ3v) is 6.51. The van der Waals surface area contributed by atoms with E-state index in [1.165, 1.54) is 29.9 Å². The molecule has 0 aliphatic carbocycles. The van der Waals surface area contributed by atoms with E-state index in [1.54, 1.807) is 24.3 Å². The van der Waals surface area contributed by atoms with Crippen molar-refractivity contribution in [2.45, 2.75) is 52.5 Å². The molecule has 0 fully saturated rings. The van der Waals surface area contributed by atoms with E-state index in [9.17, 15) is 18.4 Å². The van der Waals surface area contributed by atoms with Crippen molar-refractivity contribution >= 4 is 34.3 Å². The van der Waals surface area contributed by atoms with Crippen LogP contribution in [-0.4, -0.2) is 40.8 Å². The Morgan fingerprint density at radius 1 is 1.17 bits per heavy atom. The van der Waals surface area contributed by atoms with Crippen molar-refractivity contribution in [3.05, 3.63) is 53.6 Å². The lowest BCUT2D eigenvalue weighted by Crippen LogP contribution is -2.34. The van der Waals surface area contributed by atoms with E-state index in [0.717, 1.165) is 5.56 Å². The van der Waals surface area contributed by atoms with Gasteiger partial charge in [-0.15, -0.1) is 0 Å². The highest BCUT2D eigenvalue weighted by Gasteiger charge is 2.31. The first-order chi connectivity index (χ1) is 16.5. The molecular weight excluding hydrogens is 476 g/mol. The molecule has 0 spiro atoms. The summed E-state index contributed by atoms with van der Waals surface area (Å²) < 4.78 is 35.1. The van der Waals surface area contributed by atoms with Crippen LogP contribution < -0.4 is 14.8 Å². The molecule has 1 unspecified atom stereocenters. The van der Waals surface area contributed by atoms with Crippen molar-refractivity contribution in [2.24, 2.45) is 10.5 Å². The second kappa shape index (κ2) is 11.1. The smallest absolute Gasteiger partial charge is 0.387 e. The van der Waals surface area contributed by atoms with Gasteiger partial charge in [0.25, 0.3) is 0 Å². The van der Waals surface area contributed by atoms with Crippen LogP contribution in [0.3, 0.4) is 0 Å². The third-order valence-electron chi connectivity index (χ3n) is 5.26. The van der Waals surface area contributed by atoms with Crippen molar-refractivity contribution in [1.29, 1.82) is 0 Å². The second-order valence-electron chi connectivity index (χ2n) is 8.97. The van der Waals surface area contributed by atoms with Crippen molar-refractivity contribution < 1.29 is 27.8 Å². The molecule has 1 aliphatic rings. The number of hydrogen-bond donors (Lipinski definition) is 1. The summed E-state index contributed by atoms with van der Waals surface area (Å²) in [5.74, 6) is -0.00950.